The highest BCUT2D eigenvalue weighted by molar-refractivity contribution is 7.98. The number of hydrogen-bond acceptors (Lipinski definition) is 6. The Morgan fingerprint density at radius 2 is 1.85 bits per heavy atom. The van der Waals surface area contributed by atoms with Crippen LogP contribution in [0.15, 0.2) is 5.03 Å². The van der Waals surface area contributed by atoms with E-state index in [9.17, 15) is 0 Å². The fourth-order valence-electron chi connectivity index (χ4n) is 0.730. The van der Waals surface area contributed by atoms with Gasteiger partial charge in [-0.05, 0) is 6.26 Å². The first-order valence-corrected chi connectivity index (χ1v) is 4.47. The third kappa shape index (κ3) is 1.68. The lowest BCUT2D eigenvalue weighted by Gasteiger charge is -2.00. The van der Waals surface area contributed by atoms with E-state index in [2.05, 4.69) is 9.97 Å². The van der Waals surface area contributed by atoms with Crippen LogP contribution in [0.1, 0.15) is 11.4 Å². The SMILES string of the molecule is CSc1nc(N)c(C#N)nc1C#N. The Bertz CT molecular complexity index is 414. The number of hydrogen-bond donors (Lipinski definition) is 1. The van der Waals surface area contributed by atoms with E-state index in [0.717, 1.165) is 0 Å². The van der Waals surface area contributed by atoms with E-state index >= 15 is 0 Å². The van der Waals surface area contributed by atoms with E-state index in [4.69, 9.17) is 16.3 Å². The van der Waals surface area contributed by atoms with Crippen LogP contribution >= 0.6 is 11.8 Å². The topological polar surface area (TPSA) is 99.4 Å². The molecule has 0 saturated heterocycles. The maximum Gasteiger partial charge on any atom is 0.184 e. The van der Waals surface area contributed by atoms with Crippen LogP contribution in [0, 0.1) is 22.7 Å². The zero-order chi connectivity index (χ0) is 9.84. The highest BCUT2D eigenvalue weighted by Gasteiger charge is 2.09. The van der Waals surface area contributed by atoms with E-state index in [1.165, 1.54) is 11.8 Å². The van der Waals surface area contributed by atoms with Crippen LogP contribution < -0.4 is 5.73 Å². The molecule has 1 aromatic rings. The van der Waals surface area contributed by atoms with Gasteiger partial charge in [0.25, 0.3) is 0 Å². The summed E-state index contributed by atoms with van der Waals surface area (Å²) in [4.78, 5) is 7.62. The van der Waals surface area contributed by atoms with Gasteiger partial charge in [0.15, 0.2) is 17.2 Å². The molecule has 0 aromatic carbocycles. The van der Waals surface area contributed by atoms with Crippen LogP contribution in [0.4, 0.5) is 5.82 Å². The summed E-state index contributed by atoms with van der Waals surface area (Å²) in [5.74, 6) is 0.0610. The molecular weight excluding hydrogens is 186 g/mol. The summed E-state index contributed by atoms with van der Waals surface area (Å²) in [7, 11) is 0. The summed E-state index contributed by atoms with van der Waals surface area (Å²) in [5.41, 5.74) is 5.54. The number of aromatic nitrogens is 2. The van der Waals surface area contributed by atoms with Gasteiger partial charge >= 0.3 is 0 Å². The van der Waals surface area contributed by atoms with E-state index in [-0.39, 0.29) is 17.2 Å². The zero-order valence-corrected chi connectivity index (χ0v) is 7.59. The van der Waals surface area contributed by atoms with Gasteiger partial charge in [-0.15, -0.1) is 11.8 Å². The second-order valence-electron chi connectivity index (χ2n) is 2.04. The molecule has 0 spiro atoms. The smallest absolute Gasteiger partial charge is 0.184 e. The maximum absolute atomic E-state index is 8.64. The van der Waals surface area contributed by atoms with Gasteiger partial charge in [-0.3, -0.25) is 0 Å². The number of thioether (sulfide) groups is 1. The lowest BCUT2D eigenvalue weighted by Crippen LogP contribution is -2.02. The number of nitrogens with two attached hydrogens (primary N) is 1. The fraction of sp³-hybridized carbons (Fsp3) is 0.143. The molecule has 0 fully saturated rings. The van der Waals surface area contributed by atoms with Gasteiger partial charge in [-0.2, -0.15) is 10.5 Å². The van der Waals surface area contributed by atoms with Crippen LogP contribution in [0.2, 0.25) is 0 Å². The average Bonchev–Trinajstić information content (AvgIpc) is 2.17. The normalized spacial score (nSPS) is 8.85. The van der Waals surface area contributed by atoms with Gasteiger partial charge in [-0.1, -0.05) is 0 Å². The first kappa shape index (κ1) is 9.30. The monoisotopic (exact) mass is 191 g/mol. The Labute approximate surface area is 79.2 Å². The van der Waals surface area contributed by atoms with Crippen molar-refractivity contribution in [2.75, 3.05) is 12.0 Å². The molecule has 5 nitrogen and oxygen atoms in total. The predicted octanol–water partition coefficient (Wildman–Crippen LogP) is 0.524. The molecule has 0 aliphatic heterocycles. The number of anilines is 1. The van der Waals surface area contributed by atoms with Crippen molar-refractivity contribution < 1.29 is 0 Å². The summed E-state index contributed by atoms with van der Waals surface area (Å²) in [6.07, 6.45) is 1.76. The zero-order valence-electron chi connectivity index (χ0n) is 6.77. The minimum atomic E-state index is -0.00523. The number of nitrogen functional groups attached to an aromatic ring is 1. The molecule has 2 N–H and O–H groups in total. The molecule has 0 aliphatic rings. The minimum Gasteiger partial charge on any atom is -0.381 e. The van der Waals surface area contributed by atoms with Crippen molar-refractivity contribution >= 4 is 17.6 Å². The second kappa shape index (κ2) is 3.74. The number of nitriles is 2. The molecule has 0 saturated carbocycles. The maximum atomic E-state index is 8.64. The van der Waals surface area contributed by atoms with Gasteiger partial charge in [0.2, 0.25) is 0 Å². The van der Waals surface area contributed by atoms with E-state index in [0.29, 0.717) is 5.03 Å². The molecule has 0 bridgehead atoms. The quantitative estimate of drug-likeness (QED) is 0.650. The van der Waals surface area contributed by atoms with Crippen LogP contribution in [0.3, 0.4) is 0 Å². The van der Waals surface area contributed by atoms with E-state index in [1.807, 2.05) is 6.07 Å². The van der Waals surface area contributed by atoms with E-state index < -0.39 is 0 Å². The molecule has 1 rings (SSSR count). The number of nitrogens with zero attached hydrogens (tertiary/aromatic N) is 4. The summed E-state index contributed by atoms with van der Waals surface area (Å²) in [6, 6.07) is 3.61. The summed E-state index contributed by atoms with van der Waals surface area (Å²) in [6.45, 7) is 0. The molecule has 1 aromatic heterocycles. The standard InChI is InChI=1S/C7H5N5S/c1-13-7-5(3-9)11-4(2-8)6(10)12-7/h1H3,(H2,10,12). The third-order valence-electron chi connectivity index (χ3n) is 1.30. The molecule has 0 atom stereocenters. The van der Waals surface area contributed by atoms with Crippen molar-refractivity contribution in [1.82, 2.24) is 9.97 Å². The van der Waals surface area contributed by atoms with Crippen molar-refractivity contribution in [2.45, 2.75) is 5.03 Å². The molecule has 13 heavy (non-hydrogen) atoms. The van der Waals surface area contributed by atoms with Crippen LogP contribution in [-0.4, -0.2) is 16.2 Å². The van der Waals surface area contributed by atoms with Crippen molar-refractivity contribution in [3.05, 3.63) is 11.4 Å². The molecular formula is C7H5N5S. The van der Waals surface area contributed by atoms with Gasteiger partial charge < -0.3 is 5.73 Å². The average molecular weight is 191 g/mol. The largest absolute Gasteiger partial charge is 0.381 e. The van der Waals surface area contributed by atoms with Crippen molar-refractivity contribution in [1.29, 1.82) is 10.5 Å². The first-order valence-electron chi connectivity index (χ1n) is 3.24. The molecule has 0 amide bonds. The van der Waals surface area contributed by atoms with Crippen LogP contribution in [-0.2, 0) is 0 Å². The van der Waals surface area contributed by atoms with Gasteiger partial charge in [0.05, 0.1) is 0 Å². The molecule has 6 heteroatoms. The third-order valence-corrected chi connectivity index (χ3v) is 1.97. The van der Waals surface area contributed by atoms with Crippen molar-refractivity contribution in [3.63, 3.8) is 0 Å². The second-order valence-corrected chi connectivity index (χ2v) is 2.83. The van der Waals surface area contributed by atoms with Crippen molar-refractivity contribution in [3.8, 4) is 12.1 Å². The first-order chi connectivity index (χ1) is 6.22. The lowest BCUT2D eigenvalue weighted by atomic mass is 10.4. The van der Waals surface area contributed by atoms with Gasteiger partial charge in [0, 0.05) is 0 Å². The van der Waals surface area contributed by atoms with Crippen molar-refractivity contribution in [2.24, 2.45) is 0 Å². The number of rotatable bonds is 1. The summed E-state index contributed by atoms with van der Waals surface area (Å²) >= 11 is 1.27. The Morgan fingerprint density at radius 3 is 2.31 bits per heavy atom. The van der Waals surface area contributed by atoms with Gasteiger partial charge in [-0.25, -0.2) is 9.97 Å². The molecule has 64 valence electrons. The van der Waals surface area contributed by atoms with Gasteiger partial charge in [0.1, 0.15) is 17.2 Å². The highest BCUT2D eigenvalue weighted by Crippen LogP contribution is 2.18. The Hall–Kier alpha value is -1.79. The summed E-state index contributed by atoms with van der Waals surface area (Å²) < 4.78 is 0. The Kier molecular flexibility index (Phi) is 2.68. The molecule has 0 radical (unpaired) electrons. The van der Waals surface area contributed by atoms with Crippen LogP contribution in [0.5, 0.6) is 0 Å². The highest BCUT2D eigenvalue weighted by atomic mass is 32.2. The lowest BCUT2D eigenvalue weighted by molar-refractivity contribution is 1.02. The van der Waals surface area contributed by atoms with Crippen LogP contribution in [0.25, 0.3) is 0 Å². The predicted molar refractivity (Wildman–Crippen MR) is 47.7 cm³/mol. The molecule has 1 heterocycles. The fourth-order valence-corrected chi connectivity index (χ4v) is 1.20. The minimum absolute atomic E-state index is 0.00523. The summed E-state index contributed by atoms with van der Waals surface area (Å²) in [5, 5.41) is 17.6. The molecule has 0 unspecified atom stereocenters. The van der Waals surface area contributed by atoms with E-state index in [1.54, 1.807) is 12.3 Å². The molecule has 0 aliphatic carbocycles. The Morgan fingerprint density at radius 1 is 1.23 bits per heavy atom. The Balaban J connectivity index is 3.39.